The molecule has 0 heterocycles. The molecule has 2 rings (SSSR count). The molecule has 27 heavy (non-hydrogen) atoms. The van der Waals surface area contributed by atoms with Crippen LogP contribution in [0.5, 0.6) is 5.75 Å². The second-order valence-corrected chi connectivity index (χ2v) is 8.55. The highest BCUT2D eigenvalue weighted by molar-refractivity contribution is 7.90. The van der Waals surface area contributed by atoms with Gasteiger partial charge in [0.15, 0.2) is 15.9 Å². The number of carbonyl (C=O) groups excluding carboxylic acids is 1. The predicted octanol–water partition coefficient (Wildman–Crippen LogP) is 3.69. The van der Waals surface area contributed by atoms with Crippen LogP contribution >= 0.6 is 0 Å². The normalized spacial score (nSPS) is 13.6. The van der Waals surface area contributed by atoms with E-state index in [1.807, 2.05) is 38.1 Å². The first-order chi connectivity index (χ1) is 12.8. The number of aryl methyl sites for hydroxylation is 1. The molecule has 1 N–H and O–H groups in total. The lowest BCUT2D eigenvalue weighted by atomic mass is 10.0. The number of rotatable bonds is 8. The van der Waals surface area contributed by atoms with Crippen molar-refractivity contribution in [2.75, 3.05) is 6.26 Å². The molecular weight excluding hydrogens is 362 g/mol. The number of hydrogen-bond donors (Lipinski definition) is 1. The van der Waals surface area contributed by atoms with E-state index < -0.39 is 15.9 Å². The summed E-state index contributed by atoms with van der Waals surface area (Å²) >= 11 is 0. The van der Waals surface area contributed by atoms with Gasteiger partial charge in [0.25, 0.3) is 5.91 Å². The minimum absolute atomic E-state index is 0.208. The molecule has 0 saturated carbocycles. The van der Waals surface area contributed by atoms with Gasteiger partial charge in [-0.1, -0.05) is 44.2 Å². The summed E-state index contributed by atoms with van der Waals surface area (Å²) in [5.74, 6) is 0.508. The molecule has 0 unspecified atom stereocenters. The third-order valence-electron chi connectivity index (χ3n) is 4.46. The summed E-state index contributed by atoms with van der Waals surface area (Å²) in [5, 5.41) is 2.99. The molecule has 0 aliphatic rings. The van der Waals surface area contributed by atoms with E-state index in [1.54, 1.807) is 31.2 Å². The van der Waals surface area contributed by atoms with Gasteiger partial charge >= 0.3 is 0 Å². The molecule has 1 amide bonds. The molecule has 0 bridgehead atoms. The summed E-state index contributed by atoms with van der Waals surface area (Å²) in [6.45, 7) is 5.73. The fraction of sp³-hybridized carbons (Fsp3) is 0.381. The minimum atomic E-state index is -3.24. The van der Waals surface area contributed by atoms with Crippen molar-refractivity contribution in [3.05, 3.63) is 59.7 Å². The van der Waals surface area contributed by atoms with Gasteiger partial charge in [-0.3, -0.25) is 4.79 Å². The molecule has 6 heteroatoms. The fourth-order valence-corrected chi connectivity index (χ4v) is 3.44. The van der Waals surface area contributed by atoms with Crippen LogP contribution in [0.15, 0.2) is 53.4 Å². The summed E-state index contributed by atoms with van der Waals surface area (Å²) in [6.07, 6.45) is 2.05. The summed E-state index contributed by atoms with van der Waals surface area (Å²) in [4.78, 5) is 12.8. The van der Waals surface area contributed by atoms with Crippen molar-refractivity contribution >= 4 is 15.7 Å². The molecule has 2 atom stereocenters. The van der Waals surface area contributed by atoms with Crippen LogP contribution in [0, 0.1) is 0 Å². The van der Waals surface area contributed by atoms with E-state index in [4.69, 9.17) is 4.74 Å². The summed E-state index contributed by atoms with van der Waals surface area (Å²) < 4.78 is 29.0. The van der Waals surface area contributed by atoms with Crippen LogP contribution in [0.3, 0.4) is 0 Å². The summed E-state index contributed by atoms with van der Waals surface area (Å²) in [6, 6.07) is 14.1. The van der Waals surface area contributed by atoms with Gasteiger partial charge in [0.2, 0.25) is 0 Å². The van der Waals surface area contributed by atoms with Crippen molar-refractivity contribution < 1.29 is 17.9 Å². The summed E-state index contributed by atoms with van der Waals surface area (Å²) in [5.41, 5.74) is 1.92. The highest BCUT2D eigenvalue weighted by Gasteiger charge is 2.20. The van der Waals surface area contributed by atoms with Crippen LogP contribution in [0.25, 0.3) is 0 Å². The lowest BCUT2D eigenvalue weighted by Gasteiger charge is -2.22. The highest BCUT2D eigenvalue weighted by atomic mass is 32.2. The number of hydrogen-bond acceptors (Lipinski definition) is 4. The number of benzene rings is 2. The van der Waals surface area contributed by atoms with Gasteiger partial charge in [0, 0.05) is 6.26 Å². The van der Waals surface area contributed by atoms with Gasteiger partial charge < -0.3 is 10.1 Å². The van der Waals surface area contributed by atoms with Crippen LogP contribution in [-0.2, 0) is 21.1 Å². The Hall–Kier alpha value is -2.34. The van der Waals surface area contributed by atoms with Gasteiger partial charge in [0.1, 0.15) is 5.75 Å². The average Bonchev–Trinajstić information content (AvgIpc) is 2.65. The van der Waals surface area contributed by atoms with E-state index in [0.29, 0.717) is 12.2 Å². The first-order valence-corrected chi connectivity index (χ1v) is 11.0. The second-order valence-electron chi connectivity index (χ2n) is 6.53. The number of nitrogens with one attached hydrogen (secondary N) is 1. The SMILES string of the molecule is CCc1ccccc1O[C@H](C)C(=O)N[C@@H](CC)c1ccc(S(C)(=O)=O)cc1. The molecule has 5 nitrogen and oxygen atoms in total. The Kier molecular flexibility index (Phi) is 7.02. The quantitative estimate of drug-likeness (QED) is 0.747. The Morgan fingerprint density at radius 1 is 1.07 bits per heavy atom. The van der Waals surface area contributed by atoms with Crippen molar-refractivity contribution in [3.8, 4) is 5.75 Å². The number of sulfone groups is 1. The van der Waals surface area contributed by atoms with Crippen LogP contribution in [0.4, 0.5) is 0 Å². The van der Waals surface area contributed by atoms with E-state index in [-0.39, 0.29) is 16.8 Å². The Morgan fingerprint density at radius 2 is 1.70 bits per heavy atom. The minimum Gasteiger partial charge on any atom is -0.481 e. The monoisotopic (exact) mass is 389 g/mol. The lowest BCUT2D eigenvalue weighted by Crippen LogP contribution is -2.38. The molecule has 0 aliphatic heterocycles. The fourth-order valence-electron chi connectivity index (χ4n) is 2.81. The zero-order valence-electron chi connectivity index (χ0n) is 16.2. The van der Waals surface area contributed by atoms with Gasteiger partial charge in [-0.15, -0.1) is 0 Å². The third kappa shape index (κ3) is 5.57. The standard InChI is InChI=1S/C21H27NO4S/c1-5-16-9-7-8-10-20(16)26-15(3)21(23)22-19(6-2)17-11-13-18(14-12-17)27(4,24)25/h7-15,19H,5-6H2,1-4H3,(H,22,23)/t15-,19+/m1/s1. The highest BCUT2D eigenvalue weighted by Crippen LogP contribution is 2.22. The van der Waals surface area contributed by atoms with Crippen LogP contribution in [0.1, 0.15) is 44.4 Å². The molecule has 0 radical (unpaired) electrons. The number of ether oxygens (including phenoxy) is 1. The van der Waals surface area contributed by atoms with E-state index >= 15 is 0 Å². The molecule has 2 aromatic carbocycles. The third-order valence-corrected chi connectivity index (χ3v) is 5.59. The maximum Gasteiger partial charge on any atom is 0.261 e. The Bertz CT molecular complexity index is 875. The molecule has 0 aromatic heterocycles. The number of para-hydroxylation sites is 1. The maximum atomic E-state index is 12.6. The van der Waals surface area contributed by atoms with Crippen LogP contribution in [0.2, 0.25) is 0 Å². The van der Waals surface area contributed by atoms with Crippen molar-refractivity contribution in [1.82, 2.24) is 5.32 Å². The molecule has 0 spiro atoms. The largest absolute Gasteiger partial charge is 0.481 e. The molecule has 2 aromatic rings. The maximum absolute atomic E-state index is 12.6. The topological polar surface area (TPSA) is 72.5 Å². The molecule has 0 aliphatic carbocycles. The van der Waals surface area contributed by atoms with Crippen molar-refractivity contribution in [2.45, 2.75) is 50.7 Å². The Balaban J connectivity index is 2.07. The van der Waals surface area contributed by atoms with Crippen molar-refractivity contribution in [3.63, 3.8) is 0 Å². The Labute approximate surface area is 161 Å². The predicted molar refractivity (Wildman–Crippen MR) is 107 cm³/mol. The van der Waals surface area contributed by atoms with Gasteiger partial charge in [-0.2, -0.15) is 0 Å². The van der Waals surface area contributed by atoms with E-state index in [9.17, 15) is 13.2 Å². The number of amides is 1. The van der Waals surface area contributed by atoms with E-state index in [2.05, 4.69) is 5.32 Å². The molecule has 146 valence electrons. The molecule has 0 saturated heterocycles. The van der Waals surface area contributed by atoms with Gasteiger partial charge in [-0.25, -0.2) is 8.42 Å². The first-order valence-electron chi connectivity index (χ1n) is 9.11. The molecule has 0 fully saturated rings. The zero-order valence-corrected chi connectivity index (χ0v) is 17.0. The lowest BCUT2D eigenvalue weighted by molar-refractivity contribution is -0.128. The zero-order chi connectivity index (χ0) is 20.0. The van der Waals surface area contributed by atoms with E-state index in [1.165, 1.54) is 6.26 Å². The van der Waals surface area contributed by atoms with Gasteiger partial charge in [-0.05, 0) is 49.1 Å². The average molecular weight is 390 g/mol. The number of carbonyl (C=O) groups is 1. The Morgan fingerprint density at radius 3 is 2.26 bits per heavy atom. The van der Waals surface area contributed by atoms with Crippen LogP contribution < -0.4 is 10.1 Å². The smallest absolute Gasteiger partial charge is 0.261 e. The first kappa shape index (κ1) is 21.0. The summed E-state index contributed by atoms with van der Waals surface area (Å²) in [7, 11) is -3.24. The van der Waals surface area contributed by atoms with Gasteiger partial charge in [0.05, 0.1) is 10.9 Å². The van der Waals surface area contributed by atoms with Crippen molar-refractivity contribution in [1.29, 1.82) is 0 Å². The van der Waals surface area contributed by atoms with E-state index in [0.717, 1.165) is 17.5 Å². The molecular formula is C21H27NO4S. The van der Waals surface area contributed by atoms with Crippen molar-refractivity contribution in [2.24, 2.45) is 0 Å². The second kappa shape index (κ2) is 9.04. The van der Waals surface area contributed by atoms with Crippen LogP contribution in [-0.4, -0.2) is 26.7 Å².